The second-order valence-electron chi connectivity index (χ2n) is 6.73. The van der Waals surface area contributed by atoms with Gasteiger partial charge in [-0.05, 0) is 55.8 Å². The van der Waals surface area contributed by atoms with Gasteiger partial charge in [-0.15, -0.1) is 0 Å². The number of hydrogen-bond acceptors (Lipinski definition) is 2. The Morgan fingerprint density at radius 3 is 1.63 bits per heavy atom. The van der Waals surface area contributed by atoms with Gasteiger partial charge in [0.1, 0.15) is 28.7 Å². The van der Waals surface area contributed by atoms with Gasteiger partial charge in [-0.2, -0.15) is 0 Å². The molecule has 0 heterocycles. The van der Waals surface area contributed by atoms with Crippen LogP contribution in [0.5, 0.6) is 11.5 Å². The first-order chi connectivity index (χ1) is 14.4. The van der Waals surface area contributed by atoms with Gasteiger partial charge in [-0.25, -0.2) is 8.78 Å². The van der Waals surface area contributed by atoms with Crippen LogP contribution < -0.4 is 9.47 Å². The van der Waals surface area contributed by atoms with Gasteiger partial charge in [0.25, 0.3) is 0 Å². The minimum Gasteiger partial charge on any atom is -0.495 e. The Bertz CT molecular complexity index is 1160. The monoisotopic (exact) mass is 402 g/mol. The summed E-state index contributed by atoms with van der Waals surface area (Å²) in [4.78, 5) is 0. The molecule has 150 valence electrons. The number of ether oxygens (including phenoxy) is 2. The molecule has 4 heteroatoms. The van der Waals surface area contributed by atoms with E-state index in [2.05, 4.69) is 23.7 Å². The lowest BCUT2D eigenvalue weighted by Crippen LogP contribution is -1.95. The van der Waals surface area contributed by atoms with Gasteiger partial charge in [0.05, 0.1) is 19.8 Å². The molecule has 0 bridgehead atoms. The lowest BCUT2D eigenvalue weighted by molar-refractivity contribution is 0.392. The molecule has 0 atom stereocenters. The number of halogens is 2. The van der Waals surface area contributed by atoms with Crippen molar-refractivity contribution in [1.82, 2.24) is 0 Å². The molecule has 0 aliphatic rings. The summed E-state index contributed by atoms with van der Waals surface area (Å²) in [6.45, 7) is 3.63. The summed E-state index contributed by atoms with van der Waals surface area (Å²) in [5.41, 5.74) is 3.29. The van der Waals surface area contributed by atoms with Crippen LogP contribution in [0, 0.1) is 49.2 Å². The fourth-order valence-corrected chi connectivity index (χ4v) is 2.83. The summed E-state index contributed by atoms with van der Waals surface area (Å²) in [6, 6.07) is 13.7. The van der Waals surface area contributed by atoms with Crippen LogP contribution in [0.25, 0.3) is 0 Å². The van der Waals surface area contributed by atoms with E-state index in [9.17, 15) is 8.78 Å². The molecule has 3 aromatic carbocycles. The fraction of sp³-hybridized carbons (Fsp3) is 0.154. The van der Waals surface area contributed by atoms with Crippen molar-refractivity contribution in [2.24, 2.45) is 0 Å². The highest BCUT2D eigenvalue weighted by atomic mass is 19.1. The maximum Gasteiger partial charge on any atom is 0.142 e. The molecular weight excluding hydrogens is 382 g/mol. The predicted octanol–water partition coefficient (Wildman–Crippen LogP) is 5.40. The Morgan fingerprint density at radius 2 is 1.10 bits per heavy atom. The van der Waals surface area contributed by atoms with E-state index in [4.69, 9.17) is 9.47 Å². The van der Waals surface area contributed by atoms with E-state index in [1.807, 2.05) is 31.2 Å². The third-order valence-corrected chi connectivity index (χ3v) is 4.41. The highest BCUT2D eigenvalue weighted by Crippen LogP contribution is 2.29. The zero-order valence-corrected chi connectivity index (χ0v) is 17.2. The van der Waals surface area contributed by atoms with Gasteiger partial charge < -0.3 is 9.47 Å². The zero-order valence-electron chi connectivity index (χ0n) is 17.2. The Balaban J connectivity index is 2.02. The van der Waals surface area contributed by atoms with E-state index < -0.39 is 11.6 Å². The van der Waals surface area contributed by atoms with Crippen LogP contribution in [0.3, 0.4) is 0 Å². The van der Waals surface area contributed by atoms with Gasteiger partial charge in [-0.3, -0.25) is 0 Å². The maximum absolute atomic E-state index is 14.0. The van der Waals surface area contributed by atoms with Crippen molar-refractivity contribution >= 4 is 0 Å². The van der Waals surface area contributed by atoms with Crippen molar-refractivity contribution in [3.8, 4) is 35.2 Å². The Kier molecular flexibility index (Phi) is 6.40. The molecule has 2 nitrogen and oxygen atoms in total. The lowest BCUT2D eigenvalue weighted by atomic mass is 10.1. The molecule has 0 aromatic heterocycles. The minimum atomic E-state index is -0.695. The van der Waals surface area contributed by atoms with Crippen LogP contribution in [0.2, 0.25) is 0 Å². The van der Waals surface area contributed by atoms with Crippen molar-refractivity contribution in [2.45, 2.75) is 13.8 Å². The summed E-state index contributed by atoms with van der Waals surface area (Å²) in [5.74, 6) is 11.0. The Hall–Kier alpha value is -3.76. The summed E-state index contributed by atoms with van der Waals surface area (Å²) in [5, 5.41) is 0. The topological polar surface area (TPSA) is 18.5 Å². The van der Waals surface area contributed by atoms with Crippen LogP contribution in [0.1, 0.15) is 33.4 Å². The first-order valence-corrected chi connectivity index (χ1v) is 9.23. The van der Waals surface area contributed by atoms with E-state index >= 15 is 0 Å². The van der Waals surface area contributed by atoms with Crippen LogP contribution in [-0.4, -0.2) is 14.2 Å². The second kappa shape index (κ2) is 9.16. The van der Waals surface area contributed by atoms with E-state index in [-0.39, 0.29) is 5.56 Å². The highest BCUT2D eigenvalue weighted by molar-refractivity contribution is 5.61. The molecule has 0 amide bonds. The molecule has 0 saturated heterocycles. The molecule has 0 aliphatic heterocycles. The number of benzene rings is 3. The van der Waals surface area contributed by atoms with Crippen LogP contribution in [0.15, 0.2) is 48.5 Å². The van der Waals surface area contributed by atoms with Crippen LogP contribution in [-0.2, 0) is 0 Å². The van der Waals surface area contributed by atoms with Crippen LogP contribution >= 0.6 is 0 Å². The van der Waals surface area contributed by atoms with Crippen LogP contribution in [0.4, 0.5) is 8.78 Å². The molecule has 0 spiro atoms. The molecular formula is C26H20F2O2. The fourth-order valence-electron chi connectivity index (χ4n) is 2.83. The molecule has 0 fully saturated rings. The Morgan fingerprint density at radius 1 is 0.600 bits per heavy atom. The number of aryl methyl sites for hydroxylation is 2. The van der Waals surface area contributed by atoms with Gasteiger partial charge in [0.15, 0.2) is 0 Å². The number of hydrogen-bond donors (Lipinski definition) is 0. The molecule has 0 saturated carbocycles. The first-order valence-electron chi connectivity index (χ1n) is 9.23. The molecule has 3 rings (SSSR count). The molecule has 0 N–H and O–H groups in total. The van der Waals surface area contributed by atoms with E-state index in [0.717, 1.165) is 11.1 Å². The van der Waals surface area contributed by atoms with E-state index in [1.54, 1.807) is 19.1 Å². The molecule has 3 aromatic rings. The summed E-state index contributed by atoms with van der Waals surface area (Å²) >= 11 is 0. The quantitative estimate of drug-likeness (QED) is 0.535. The average molecular weight is 402 g/mol. The average Bonchev–Trinajstić information content (AvgIpc) is 2.72. The first kappa shape index (κ1) is 21.0. The third kappa shape index (κ3) is 4.80. The molecule has 0 aliphatic carbocycles. The predicted molar refractivity (Wildman–Crippen MR) is 114 cm³/mol. The van der Waals surface area contributed by atoms with Gasteiger partial charge >= 0.3 is 0 Å². The number of methoxy groups -OCH3 is 2. The minimum absolute atomic E-state index is 0.276. The standard InChI is InChI=1S/C26H20F2O2/c1-17-5-7-19(8-6-17)9-12-22-25(29-3)15-20(16-26(22)30-4)10-11-21-23(27)13-18(2)14-24(21)28/h5-8,13-16H,1-4H3. The summed E-state index contributed by atoms with van der Waals surface area (Å²) < 4.78 is 39.0. The molecule has 30 heavy (non-hydrogen) atoms. The molecule has 0 unspecified atom stereocenters. The lowest BCUT2D eigenvalue weighted by Gasteiger charge is -2.09. The third-order valence-electron chi connectivity index (χ3n) is 4.41. The highest BCUT2D eigenvalue weighted by Gasteiger charge is 2.11. The van der Waals surface area contributed by atoms with E-state index in [1.165, 1.54) is 26.4 Å². The van der Waals surface area contributed by atoms with Crippen molar-refractivity contribution in [3.05, 3.63) is 93.5 Å². The second-order valence-corrected chi connectivity index (χ2v) is 6.73. The largest absolute Gasteiger partial charge is 0.495 e. The SMILES string of the molecule is COc1cc(C#Cc2c(F)cc(C)cc2F)cc(OC)c1C#Cc1ccc(C)cc1. The van der Waals surface area contributed by atoms with E-state index in [0.29, 0.717) is 28.2 Å². The van der Waals surface area contributed by atoms with Crippen molar-refractivity contribution < 1.29 is 18.3 Å². The van der Waals surface area contributed by atoms with Crippen molar-refractivity contribution in [1.29, 1.82) is 0 Å². The number of rotatable bonds is 2. The smallest absolute Gasteiger partial charge is 0.142 e. The van der Waals surface area contributed by atoms with Gasteiger partial charge in [0, 0.05) is 11.1 Å². The summed E-state index contributed by atoms with van der Waals surface area (Å²) in [7, 11) is 3.03. The zero-order chi connectivity index (χ0) is 21.7. The van der Waals surface area contributed by atoms with Crippen molar-refractivity contribution in [3.63, 3.8) is 0 Å². The summed E-state index contributed by atoms with van der Waals surface area (Å²) in [6.07, 6.45) is 0. The van der Waals surface area contributed by atoms with Gasteiger partial charge in [-0.1, -0.05) is 41.4 Å². The molecule has 0 radical (unpaired) electrons. The maximum atomic E-state index is 14.0. The van der Waals surface area contributed by atoms with Gasteiger partial charge in [0.2, 0.25) is 0 Å². The normalized spacial score (nSPS) is 9.80. The van der Waals surface area contributed by atoms with Crippen molar-refractivity contribution in [2.75, 3.05) is 14.2 Å². The Labute approximate surface area is 175 Å².